The van der Waals surface area contributed by atoms with Gasteiger partial charge in [-0.2, -0.15) is 0 Å². The fraction of sp³-hybridized carbons (Fsp3) is 0.500. The van der Waals surface area contributed by atoms with Crippen molar-refractivity contribution in [2.24, 2.45) is 5.41 Å². The minimum Gasteiger partial charge on any atom is -0.353 e. The van der Waals surface area contributed by atoms with Gasteiger partial charge in [0.25, 0.3) is 0 Å². The van der Waals surface area contributed by atoms with Crippen molar-refractivity contribution in [1.82, 2.24) is 25.2 Å². The second-order valence-corrected chi connectivity index (χ2v) is 10.1. The molecule has 172 valence electrons. The van der Waals surface area contributed by atoms with E-state index in [1.165, 1.54) is 11.8 Å². The van der Waals surface area contributed by atoms with Gasteiger partial charge in [-0.1, -0.05) is 50.2 Å². The predicted octanol–water partition coefficient (Wildman–Crippen LogP) is 3.02. The fourth-order valence-electron chi connectivity index (χ4n) is 3.39. The van der Waals surface area contributed by atoms with Gasteiger partial charge in [-0.05, 0) is 18.6 Å². The molecule has 2 amide bonds. The molecule has 1 saturated heterocycles. The number of thioether (sulfide) groups is 1. The first-order valence-corrected chi connectivity index (χ1v) is 11.9. The average Bonchev–Trinajstić information content (AvgIpc) is 2.75. The Bertz CT molecular complexity index is 953. The Morgan fingerprint density at radius 2 is 2.06 bits per heavy atom. The largest absolute Gasteiger partial charge is 0.353 e. The second-order valence-electron chi connectivity index (χ2n) is 8.80. The van der Waals surface area contributed by atoms with Gasteiger partial charge in [0, 0.05) is 56.1 Å². The predicted molar refractivity (Wildman–Crippen MR) is 127 cm³/mol. The third-order valence-electron chi connectivity index (χ3n) is 5.06. The molecule has 1 unspecified atom stereocenters. The summed E-state index contributed by atoms with van der Waals surface area (Å²) in [7, 11) is 0. The number of hydrogen-bond donors (Lipinski definition) is 1. The molecule has 0 bridgehead atoms. The van der Waals surface area contributed by atoms with Crippen LogP contribution in [0.4, 0.5) is 5.82 Å². The van der Waals surface area contributed by atoms with E-state index in [0.717, 1.165) is 5.56 Å². The van der Waals surface area contributed by atoms with Gasteiger partial charge in [-0.25, -0.2) is 9.97 Å². The summed E-state index contributed by atoms with van der Waals surface area (Å²) in [4.78, 5) is 41.8. The number of nitrogens with one attached hydrogen (secondary N) is 1. The van der Waals surface area contributed by atoms with E-state index in [1.807, 2.05) is 44.7 Å². The van der Waals surface area contributed by atoms with E-state index in [1.54, 1.807) is 18.5 Å². The lowest BCUT2D eigenvalue weighted by Crippen LogP contribution is -2.56. The van der Waals surface area contributed by atoms with E-state index in [9.17, 15) is 9.59 Å². The summed E-state index contributed by atoms with van der Waals surface area (Å²) < 4.78 is 0. The second kappa shape index (κ2) is 10.5. The van der Waals surface area contributed by atoms with E-state index >= 15 is 0 Å². The van der Waals surface area contributed by atoms with E-state index < -0.39 is 5.41 Å². The number of piperazine rings is 1. The average molecular weight is 477 g/mol. The molecule has 1 aliphatic heterocycles. The quantitative estimate of drug-likeness (QED) is 0.389. The summed E-state index contributed by atoms with van der Waals surface area (Å²) in [6, 6.07) is 5.51. The molecule has 3 heterocycles. The van der Waals surface area contributed by atoms with Crippen molar-refractivity contribution in [3.63, 3.8) is 0 Å². The molecule has 32 heavy (non-hydrogen) atoms. The number of rotatable bonds is 6. The molecular formula is C22H29ClN6O2S. The number of carbonyl (C=O) groups is 2. The normalized spacial score (nSPS) is 16.7. The smallest absolute Gasteiger partial charge is 0.230 e. The van der Waals surface area contributed by atoms with Crippen molar-refractivity contribution in [3.8, 4) is 0 Å². The lowest BCUT2D eigenvalue weighted by atomic mass is 9.93. The number of amides is 2. The van der Waals surface area contributed by atoms with Crippen molar-refractivity contribution in [1.29, 1.82) is 0 Å². The Hall–Kier alpha value is -2.39. The highest BCUT2D eigenvalue weighted by molar-refractivity contribution is 7.99. The topological polar surface area (TPSA) is 91.3 Å². The van der Waals surface area contributed by atoms with Gasteiger partial charge in [-0.15, -0.1) is 0 Å². The van der Waals surface area contributed by atoms with Gasteiger partial charge in [0.1, 0.15) is 11.0 Å². The van der Waals surface area contributed by atoms with E-state index in [4.69, 9.17) is 11.6 Å². The van der Waals surface area contributed by atoms with Gasteiger partial charge in [0.15, 0.2) is 5.16 Å². The van der Waals surface area contributed by atoms with Gasteiger partial charge in [0.2, 0.25) is 11.8 Å². The molecule has 2 aromatic rings. The van der Waals surface area contributed by atoms with Crippen molar-refractivity contribution >= 4 is 41.0 Å². The van der Waals surface area contributed by atoms with Gasteiger partial charge < -0.3 is 15.1 Å². The van der Waals surface area contributed by atoms with E-state index in [0.29, 0.717) is 42.3 Å². The third-order valence-corrected chi connectivity index (χ3v) is 6.10. The summed E-state index contributed by atoms with van der Waals surface area (Å²) >= 11 is 7.48. The number of nitrogens with zero attached hydrogens (tertiary/aromatic N) is 5. The maximum atomic E-state index is 12.7. The molecule has 8 nitrogen and oxygen atoms in total. The Morgan fingerprint density at radius 1 is 1.28 bits per heavy atom. The zero-order chi connectivity index (χ0) is 23.3. The molecule has 1 atom stereocenters. The van der Waals surface area contributed by atoms with Gasteiger partial charge >= 0.3 is 0 Å². The molecule has 0 aromatic carbocycles. The van der Waals surface area contributed by atoms with Crippen LogP contribution in [0.5, 0.6) is 0 Å². The summed E-state index contributed by atoms with van der Waals surface area (Å²) in [5, 5.41) is 3.64. The van der Waals surface area contributed by atoms with Crippen molar-refractivity contribution in [3.05, 3.63) is 41.3 Å². The van der Waals surface area contributed by atoms with Crippen LogP contribution in [0, 0.1) is 5.41 Å². The minimum absolute atomic E-state index is 0.0542. The molecule has 1 fully saturated rings. The molecule has 0 saturated carbocycles. The van der Waals surface area contributed by atoms with Crippen LogP contribution in [0.3, 0.4) is 0 Å². The maximum absolute atomic E-state index is 12.7. The first-order valence-electron chi connectivity index (χ1n) is 10.5. The number of pyridine rings is 1. The van der Waals surface area contributed by atoms with Gasteiger partial charge in [-0.3, -0.25) is 14.6 Å². The van der Waals surface area contributed by atoms with Crippen molar-refractivity contribution < 1.29 is 9.59 Å². The summed E-state index contributed by atoms with van der Waals surface area (Å²) in [5.41, 5.74) is 0.529. The monoisotopic (exact) mass is 476 g/mol. The van der Waals surface area contributed by atoms with E-state index in [2.05, 4.69) is 25.2 Å². The molecule has 3 rings (SSSR count). The van der Waals surface area contributed by atoms with Crippen LogP contribution in [-0.4, -0.2) is 63.1 Å². The van der Waals surface area contributed by atoms with Crippen LogP contribution in [0.15, 0.2) is 35.7 Å². The number of hydrogen-bond acceptors (Lipinski definition) is 7. The highest BCUT2D eigenvalue weighted by Crippen LogP contribution is 2.26. The summed E-state index contributed by atoms with van der Waals surface area (Å²) in [6.45, 7) is 10.2. The Labute approximate surface area is 198 Å². The Balaban J connectivity index is 1.57. The summed E-state index contributed by atoms with van der Waals surface area (Å²) in [6.07, 6.45) is 3.41. The van der Waals surface area contributed by atoms with Crippen LogP contribution in [-0.2, 0) is 16.1 Å². The van der Waals surface area contributed by atoms with Crippen LogP contribution in [0.25, 0.3) is 0 Å². The van der Waals surface area contributed by atoms with Crippen LogP contribution < -0.4 is 10.2 Å². The summed E-state index contributed by atoms with van der Waals surface area (Å²) in [5.74, 6) is 0.924. The highest BCUT2D eigenvalue weighted by Gasteiger charge is 2.34. The maximum Gasteiger partial charge on any atom is 0.230 e. The molecule has 0 spiro atoms. The Kier molecular flexibility index (Phi) is 7.95. The molecule has 1 aliphatic rings. The SMILES string of the molecule is CC1CN(c2cc(Cl)nc(SCC(=O)NCc3cccnc3)n2)CCN1C(=O)C(C)(C)C. The number of halogens is 1. The zero-order valence-electron chi connectivity index (χ0n) is 18.8. The molecule has 1 N–H and O–H groups in total. The number of carbonyl (C=O) groups excluding carboxylic acids is 2. The minimum atomic E-state index is -0.407. The Morgan fingerprint density at radius 3 is 2.72 bits per heavy atom. The zero-order valence-corrected chi connectivity index (χ0v) is 20.4. The first kappa shape index (κ1) is 24.3. The number of aromatic nitrogens is 3. The molecule has 10 heteroatoms. The van der Waals surface area contributed by atoms with Crippen molar-refractivity contribution in [2.45, 2.75) is 45.4 Å². The standard InChI is InChI=1S/C22H29ClN6O2S/c1-15-13-28(8-9-29(15)20(31)22(2,3)4)18-10-17(23)26-21(27-18)32-14-19(30)25-12-16-6-5-7-24-11-16/h5-7,10-11,15H,8-9,12-14H2,1-4H3,(H,25,30). The lowest BCUT2D eigenvalue weighted by Gasteiger charge is -2.42. The van der Waals surface area contributed by atoms with Crippen LogP contribution >= 0.6 is 23.4 Å². The van der Waals surface area contributed by atoms with Crippen LogP contribution in [0.1, 0.15) is 33.3 Å². The molecule has 0 radical (unpaired) electrons. The van der Waals surface area contributed by atoms with E-state index in [-0.39, 0.29) is 23.6 Å². The lowest BCUT2D eigenvalue weighted by molar-refractivity contribution is -0.142. The highest BCUT2D eigenvalue weighted by atomic mass is 35.5. The fourth-order valence-corrected chi connectivity index (χ4v) is 4.31. The molecule has 2 aromatic heterocycles. The number of anilines is 1. The molecular weight excluding hydrogens is 448 g/mol. The third kappa shape index (κ3) is 6.56. The van der Waals surface area contributed by atoms with Crippen molar-refractivity contribution in [2.75, 3.05) is 30.3 Å². The van der Waals surface area contributed by atoms with Crippen LogP contribution in [0.2, 0.25) is 5.15 Å². The van der Waals surface area contributed by atoms with Gasteiger partial charge in [0.05, 0.1) is 5.75 Å². The first-order chi connectivity index (χ1) is 15.1. The molecule has 0 aliphatic carbocycles.